The SMILES string of the molecule is CC(Sc1nnnn1C)C(=O)NC(=O)NCc1ccccc1. The van der Waals surface area contributed by atoms with Gasteiger partial charge in [0.1, 0.15) is 0 Å². The molecule has 2 rings (SSSR count). The minimum Gasteiger partial charge on any atom is -0.334 e. The lowest BCUT2D eigenvalue weighted by Gasteiger charge is -2.11. The molecule has 1 aromatic carbocycles. The number of nitrogens with zero attached hydrogens (tertiary/aromatic N) is 4. The maximum Gasteiger partial charge on any atom is 0.321 e. The highest BCUT2D eigenvalue weighted by Crippen LogP contribution is 2.19. The van der Waals surface area contributed by atoms with Gasteiger partial charge in [0.15, 0.2) is 0 Å². The van der Waals surface area contributed by atoms with Crippen LogP contribution in [0.25, 0.3) is 0 Å². The fraction of sp³-hybridized carbons (Fsp3) is 0.308. The topological polar surface area (TPSA) is 102 Å². The van der Waals surface area contributed by atoms with Gasteiger partial charge in [0, 0.05) is 13.6 Å². The first-order chi connectivity index (χ1) is 10.6. The Morgan fingerprint density at radius 2 is 2.05 bits per heavy atom. The first-order valence-electron chi connectivity index (χ1n) is 6.58. The Morgan fingerprint density at radius 3 is 2.68 bits per heavy atom. The van der Waals surface area contributed by atoms with E-state index in [-0.39, 0.29) is 0 Å². The van der Waals surface area contributed by atoms with Crippen LogP contribution in [-0.4, -0.2) is 37.4 Å². The minimum atomic E-state index is -0.530. The van der Waals surface area contributed by atoms with E-state index in [9.17, 15) is 9.59 Å². The van der Waals surface area contributed by atoms with Crippen LogP contribution in [0.2, 0.25) is 0 Å². The van der Waals surface area contributed by atoms with Crippen molar-refractivity contribution in [3.63, 3.8) is 0 Å². The van der Waals surface area contributed by atoms with Gasteiger partial charge in [-0.05, 0) is 22.9 Å². The number of imide groups is 1. The summed E-state index contributed by atoms with van der Waals surface area (Å²) in [6.07, 6.45) is 0. The standard InChI is InChI=1S/C13H16N6O2S/c1-9(22-13-16-17-18-19(13)2)11(20)15-12(21)14-8-10-6-4-3-5-7-10/h3-7,9H,8H2,1-2H3,(H2,14,15,20,21). The third-order valence-corrected chi connectivity index (χ3v) is 3.89. The number of carbonyl (C=O) groups excluding carboxylic acids is 2. The molecule has 1 heterocycles. The third kappa shape index (κ3) is 4.55. The predicted molar refractivity (Wildman–Crippen MR) is 80.9 cm³/mol. The summed E-state index contributed by atoms with van der Waals surface area (Å²) in [6.45, 7) is 2.04. The van der Waals surface area contributed by atoms with Crippen LogP contribution in [0.1, 0.15) is 12.5 Å². The van der Waals surface area contributed by atoms with E-state index in [0.717, 1.165) is 5.56 Å². The summed E-state index contributed by atoms with van der Waals surface area (Å²) in [6, 6.07) is 8.91. The summed E-state index contributed by atoms with van der Waals surface area (Å²) < 4.78 is 1.46. The van der Waals surface area contributed by atoms with E-state index in [2.05, 4.69) is 26.2 Å². The molecule has 9 heteroatoms. The summed E-state index contributed by atoms with van der Waals surface area (Å²) in [5, 5.41) is 15.9. The summed E-state index contributed by atoms with van der Waals surface area (Å²) in [7, 11) is 1.68. The van der Waals surface area contributed by atoms with Crippen LogP contribution in [0.3, 0.4) is 0 Å². The van der Waals surface area contributed by atoms with Gasteiger partial charge in [0.05, 0.1) is 5.25 Å². The molecule has 0 aliphatic heterocycles. The molecule has 2 N–H and O–H groups in total. The lowest BCUT2D eigenvalue weighted by molar-refractivity contribution is -0.119. The van der Waals surface area contributed by atoms with Crippen molar-refractivity contribution < 1.29 is 9.59 Å². The molecule has 1 unspecified atom stereocenters. The Kier molecular flexibility index (Phi) is 5.48. The predicted octanol–water partition coefficient (Wildman–Crippen LogP) is 0.717. The molecule has 8 nitrogen and oxygen atoms in total. The highest BCUT2D eigenvalue weighted by molar-refractivity contribution is 8.00. The number of thioether (sulfide) groups is 1. The molecule has 116 valence electrons. The van der Waals surface area contributed by atoms with Crippen molar-refractivity contribution in [2.45, 2.75) is 23.9 Å². The van der Waals surface area contributed by atoms with Crippen molar-refractivity contribution >= 4 is 23.7 Å². The number of nitrogens with one attached hydrogen (secondary N) is 2. The van der Waals surface area contributed by atoms with Crippen LogP contribution < -0.4 is 10.6 Å². The van der Waals surface area contributed by atoms with Gasteiger partial charge in [0.25, 0.3) is 0 Å². The van der Waals surface area contributed by atoms with E-state index < -0.39 is 17.2 Å². The summed E-state index contributed by atoms with van der Waals surface area (Å²) >= 11 is 1.18. The Balaban J connectivity index is 1.78. The van der Waals surface area contributed by atoms with Gasteiger partial charge in [0.2, 0.25) is 11.1 Å². The zero-order valence-corrected chi connectivity index (χ0v) is 13.0. The second kappa shape index (κ2) is 7.55. The second-order valence-corrected chi connectivity index (χ2v) is 5.81. The number of benzene rings is 1. The van der Waals surface area contributed by atoms with E-state index in [1.807, 2.05) is 30.3 Å². The van der Waals surface area contributed by atoms with Gasteiger partial charge in [-0.3, -0.25) is 10.1 Å². The number of hydrogen-bond acceptors (Lipinski definition) is 6. The van der Waals surface area contributed by atoms with E-state index in [4.69, 9.17) is 0 Å². The van der Waals surface area contributed by atoms with E-state index >= 15 is 0 Å². The highest BCUT2D eigenvalue weighted by Gasteiger charge is 2.19. The van der Waals surface area contributed by atoms with Gasteiger partial charge >= 0.3 is 6.03 Å². The molecule has 22 heavy (non-hydrogen) atoms. The first-order valence-corrected chi connectivity index (χ1v) is 7.46. The van der Waals surface area contributed by atoms with E-state index in [0.29, 0.717) is 11.7 Å². The average Bonchev–Trinajstić information content (AvgIpc) is 2.91. The van der Waals surface area contributed by atoms with Gasteiger partial charge in [-0.15, -0.1) is 5.10 Å². The number of amides is 3. The molecule has 1 aromatic heterocycles. The first kappa shape index (κ1) is 16.0. The fourth-order valence-electron chi connectivity index (χ4n) is 1.57. The third-order valence-electron chi connectivity index (χ3n) is 2.77. The van der Waals surface area contributed by atoms with Crippen LogP contribution in [0.15, 0.2) is 35.5 Å². The van der Waals surface area contributed by atoms with Crippen LogP contribution >= 0.6 is 11.8 Å². The number of tetrazole rings is 1. The molecule has 0 saturated heterocycles. The van der Waals surface area contributed by atoms with Gasteiger partial charge in [-0.2, -0.15) is 0 Å². The number of urea groups is 1. The van der Waals surface area contributed by atoms with Crippen LogP contribution in [0.4, 0.5) is 4.79 Å². The lowest BCUT2D eigenvalue weighted by atomic mass is 10.2. The Bertz CT molecular complexity index is 645. The van der Waals surface area contributed by atoms with Crippen molar-refractivity contribution in [2.75, 3.05) is 0 Å². The molecular formula is C13H16N6O2S. The van der Waals surface area contributed by atoms with Gasteiger partial charge < -0.3 is 5.32 Å². The van der Waals surface area contributed by atoms with Gasteiger partial charge in [-0.25, -0.2) is 9.48 Å². The summed E-state index contributed by atoms with van der Waals surface area (Å²) in [5.74, 6) is -0.404. The number of carbonyl (C=O) groups is 2. The molecule has 0 aliphatic carbocycles. The average molecular weight is 320 g/mol. The fourth-order valence-corrected chi connectivity index (χ4v) is 2.32. The van der Waals surface area contributed by atoms with Gasteiger partial charge in [-0.1, -0.05) is 42.1 Å². The molecule has 0 fully saturated rings. The van der Waals surface area contributed by atoms with Crippen LogP contribution in [-0.2, 0) is 18.4 Å². The monoisotopic (exact) mass is 320 g/mol. The second-order valence-electron chi connectivity index (χ2n) is 4.50. The van der Waals surface area contributed by atoms with Crippen molar-refractivity contribution in [3.8, 4) is 0 Å². The zero-order valence-electron chi connectivity index (χ0n) is 12.2. The minimum absolute atomic E-state index is 0.356. The number of rotatable bonds is 5. The number of aromatic nitrogens is 4. The number of aryl methyl sites for hydroxylation is 1. The largest absolute Gasteiger partial charge is 0.334 e. The summed E-state index contributed by atoms with van der Waals surface area (Å²) in [4.78, 5) is 23.6. The summed E-state index contributed by atoms with van der Waals surface area (Å²) in [5.41, 5.74) is 0.956. The maximum absolute atomic E-state index is 11.9. The molecule has 0 radical (unpaired) electrons. The normalized spacial score (nSPS) is 11.7. The molecular weight excluding hydrogens is 304 g/mol. The Morgan fingerprint density at radius 1 is 1.32 bits per heavy atom. The van der Waals surface area contributed by atoms with E-state index in [1.165, 1.54) is 16.4 Å². The van der Waals surface area contributed by atoms with Crippen molar-refractivity contribution in [3.05, 3.63) is 35.9 Å². The van der Waals surface area contributed by atoms with Crippen molar-refractivity contribution in [1.82, 2.24) is 30.8 Å². The zero-order chi connectivity index (χ0) is 15.9. The van der Waals surface area contributed by atoms with Crippen molar-refractivity contribution in [1.29, 1.82) is 0 Å². The molecule has 3 amide bonds. The van der Waals surface area contributed by atoms with Crippen LogP contribution in [0.5, 0.6) is 0 Å². The Labute approximate surface area is 131 Å². The molecule has 0 saturated carbocycles. The smallest absolute Gasteiger partial charge is 0.321 e. The Hall–Kier alpha value is -2.42. The molecule has 0 spiro atoms. The molecule has 2 aromatic rings. The molecule has 0 aliphatic rings. The maximum atomic E-state index is 11.9. The highest BCUT2D eigenvalue weighted by atomic mass is 32.2. The van der Waals surface area contributed by atoms with Crippen molar-refractivity contribution in [2.24, 2.45) is 7.05 Å². The molecule has 1 atom stereocenters. The van der Waals surface area contributed by atoms with Crippen LogP contribution in [0, 0.1) is 0 Å². The van der Waals surface area contributed by atoms with E-state index in [1.54, 1.807) is 14.0 Å². The lowest BCUT2D eigenvalue weighted by Crippen LogP contribution is -2.42. The number of hydrogen-bond donors (Lipinski definition) is 2. The molecule has 0 bridgehead atoms. The quantitative estimate of drug-likeness (QED) is 0.787.